The SMILES string of the molecule is COc1cc(C#N)ccc1OC(=O)C1Cc2ccccc2S1. The molecule has 1 unspecified atom stereocenters. The normalized spacial score (nSPS) is 15.7. The molecule has 1 heterocycles. The van der Waals surface area contributed by atoms with E-state index in [-0.39, 0.29) is 11.2 Å². The number of rotatable bonds is 3. The van der Waals surface area contributed by atoms with Gasteiger partial charge in [-0.2, -0.15) is 5.26 Å². The largest absolute Gasteiger partial charge is 0.493 e. The van der Waals surface area contributed by atoms with Crippen LogP contribution >= 0.6 is 11.8 Å². The fraction of sp³-hybridized carbons (Fsp3) is 0.176. The molecular weight excluding hydrogens is 298 g/mol. The summed E-state index contributed by atoms with van der Waals surface area (Å²) in [7, 11) is 1.48. The highest BCUT2D eigenvalue weighted by Gasteiger charge is 2.30. The van der Waals surface area contributed by atoms with Gasteiger partial charge in [0.1, 0.15) is 5.25 Å². The van der Waals surface area contributed by atoms with Crippen molar-refractivity contribution in [2.45, 2.75) is 16.6 Å². The molecule has 0 spiro atoms. The van der Waals surface area contributed by atoms with Crippen molar-refractivity contribution >= 4 is 17.7 Å². The molecule has 0 fully saturated rings. The highest BCUT2D eigenvalue weighted by atomic mass is 32.2. The van der Waals surface area contributed by atoms with Crippen molar-refractivity contribution in [3.8, 4) is 17.6 Å². The van der Waals surface area contributed by atoms with Crippen LogP contribution in [0.1, 0.15) is 11.1 Å². The number of methoxy groups -OCH3 is 1. The first-order valence-electron chi connectivity index (χ1n) is 6.75. The predicted molar refractivity (Wildman–Crippen MR) is 83.1 cm³/mol. The lowest BCUT2D eigenvalue weighted by Crippen LogP contribution is -2.22. The number of ether oxygens (including phenoxy) is 2. The van der Waals surface area contributed by atoms with Crippen molar-refractivity contribution in [3.63, 3.8) is 0 Å². The summed E-state index contributed by atoms with van der Waals surface area (Å²) in [5, 5.41) is 8.63. The fourth-order valence-corrected chi connectivity index (χ4v) is 3.48. The molecule has 22 heavy (non-hydrogen) atoms. The van der Waals surface area contributed by atoms with Gasteiger partial charge in [-0.25, -0.2) is 0 Å². The molecule has 1 aliphatic heterocycles. The molecule has 0 N–H and O–H groups in total. The molecule has 3 rings (SSSR count). The lowest BCUT2D eigenvalue weighted by molar-refractivity contribution is -0.133. The molecular formula is C17H13NO3S. The molecule has 0 saturated heterocycles. The number of fused-ring (bicyclic) bond motifs is 1. The number of nitriles is 1. The summed E-state index contributed by atoms with van der Waals surface area (Å²) in [6, 6.07) is 14.7. The average Bonchev–Trinajstić information content (AvgIpc) is 2.99. The number of carbonyl (C=O) groups excluding carboxylic acids is 1. The third-order valence-corrected chi connectivity index (χ3v) is 4.71. The van der Waals surface area contributed by atoms with Crippen molar-refractivity contribution in [1.82, 2.24) is 0 Å². The Morgan fingerprint density at radius 2 is 2.09 bits per heavy atom. The summed E-state index contributed by atoms with van der Waals surface area (Å²) >= 11 is 1.52. The van der Waals surface area contributed by atoms with E-state index in [0.717, 1.165) is 4.90 Å². The topological polar surface area (TPSA) is 59.3 Å². The van der Waals surface area contributed by atoms with Gasteiger partial charge in [0.25, 0.3) is 0 Å². The second-order valence-corrected chi connectivity index (χ2v) is 6.06. The Hall–Kier alpha value is -2.45. The zero-order valence-electron chi connectivity index (χ0n) is 11.9. The van der Waals surface area contributed by atoms with Crippen LogP contribution in [0.3, 0.4) is 0 Å². The molecule has 0 radical (unpaired) electrons. The minimum absolute atomic E-state index is 0.252. The molecule has 4 nitrogen and oxygen atoms in total. The van der Waals surface area contributed by atoms with Crippen molar-refractivity contribution in [3.05, 3.63) is 53.6 Å². The van der Waals surface area contributed by atoms with Gasteiger partial charge < -0.3 is 9.47 Å². The van der Waals surface area contributed by atoms with Gasteiger partial charge in [-0.15, -0.1) is 11.8 Å². The number of hydrogen-bond acceptors (Lipinski definition) is 5. The first kappa shape index (κ1) is 14.5. The van der Waals surface area contributed by atoms with E-state index in [9.17, 15) is 4.79 Å². The summed E-state index contributed by atoms with van der Waals surface area (Å²) in [5.74, 6) is 0.417. The molecule has 1 aliphatic rings. The van der Waals surface area contributed by atoms with Gasteiger partial charge in [-0.05, 0) is 30.2 Å². The number of carbonyl (C=O) groups is 1. The standard InChI is InChI=1S/C17H13NO3S/c1-20-14-8-11(10-18)6-7-13(14)21-17(19)16-9-12-4-2-3-5-15(12)22-16/h2-8,16H,9H2,1H3. The van der Waals surface area contributed by atoms with Gasteiger partial charge >= 0.3 is 5.97 Å². The third kappa shape index (κ3) is 2.78. The first-order chi connectivity index (χ1) is 10.7. The Morgan fingerprint density at radius 1 is 1.27 bits per heavy atom. The van der Waals surface area contributed by atoms with Crippen LogP contribution < -0.4 is 9.47 Å². The number of esters is 1. The summed E-state index contributed by atoms with van der Waals surface area (Å²) in [6.45, 7) is 0. The van der Waals surface area contributed by atoms with Crippen LogP contribution in [0.15, 0.2) is 47.4 Å². The molecule has 0 amide bonds. The minimum Gasteiger partial charge on any atom is -0.493 e. The second-order valence-electron chi connectivity index (χ2n) is 4.82. The van der Waals surface area contributed by atoms with Gasteiger partial charge in [-0.1, -0.05) is 18.2 Å². The van der Waals surface area contributed by atoms with Gasteiger partial charge in [-0.3, -0.25) is 4.79 Å². The average molecular weight is 311 g/mol. The van der Waals surface area contributed by atoms with E-state index < -0.39 is 0 Å². The Morgan fingerprint density at radius 3 is 2.82 bits per heavy atom. The van der Waals surface area contributed by atoms with Crippen molar-refractivity contribution in [2.75, 3.05) is 7.11 Å². The van der Waals surface area contributed by atoms with Crippen molar-refractivity contribution < 1.29 is 14.3 Å². The summed E-state index contributed by atoms with van der Waals surface area (Å²) in [4.78, 5) is 13.5. The Labute approximate surface area is 132 Å². The van der Waals surface area contributed by atoms with E-state index in [1.807, 2.05) is 30.3 Å². The summed E-state index contributed by atoms with van der Waals surface area (Å²) in [5.41, 5.74) is 1.63. The van der Waals surface area contributed by atoms with Crippen molar-refractivity contribution in [2.24, 2.45) is 0 Å². The smallest absolute Gasteiger partial charge is 0.325 e. The minimum atomic E-state index is -0.302. The van der Waals surface area contributed by atoms with Crippen LogP contribution in [0.2, 0.25) is 0 Å². The second kappa shape index (κ2) is 6.12. The molecule has 2 aromatic rings. The highest BCUT2D eigenvalue weighted by Crippen LogP contribution is 2.38. The molecule has 5 heteroatoms. The number of hydrogen-bond donors (Lipinski definition) is 0. The molecule has 0 saturated carbocycles. The van der Waals surface area contributed by atoms with Crippen LogP contribution in [-0.4, -0.2) is 18.3 Å². The van der Waals surface area contributed by atoms with Crippen LogP contribution in [-0.2, 0) is 11.2 Å². The Kier molecular flexibility index (Phi) is 4.03. The maximum Gasteiger partial charge on any atom is 0.325 e. The molecule has 1 atom stereocenters. The summed E-state index contributed by atoms with van der Waals surface area (Å²) < 4.78 is 10.6. The zero-order chi connectivity index (χ0) is 15.5. The first-order valence-corrected chi connectivity index (χ1v) is 7.63. The number of nitrogens with zero attached hydrogens (tertiary/aromatic N) is 1. The van der Waals surface area contributed by atoms with Crippen LogP contribution in [0.4, 0.5) is 0 Å². The summed E-state index contributed by atoms with van der Waals surface area (Å²) in [6.07, 6.45) is 0.665. The molecule has 0 aliphatic carbocycles. The van der Waals surface area contributed by atoms with E-state index in [1.165, 1.54) is 24.4 Å². The van der Waals surface area contributed by atoms with Gasteiger partial charge in [0.05, 0.1) is 18.7 Å². The molecule has 110 valence electrons. The van der Waals surface area contributed by atoms with Gasteiger partial charge in [0.2, 0.25) is 0 Å². The lowest BCUT2D eigenvalue weighted by Gasteiger charge is -2.12. The lowest BCUT2D eigenvalue weighted by atomic mass is 10.1. The van der Waals surface area contributed by atoms with E-state index >= 15 is 0 Å². The quantitative estimate of drug-likeness (QED) is 0.643. The van der Waals surface area contributed by atoms with E-state index in [0.29, 0.717) is 23.5 Å². The van der Waals surface area contributed by atoms with Crippen LogP contribution in [0.5, 0.6) is 11.5 Å². The van der Waals surface area contributed by atoms with E-state index in [2.05, 4.69) is 0 Å². The maximum absolute atomic E-state index is 12.3. The Balaban J connectivity index is 1.75. The van der Waals surface area contributed by atoms with E-state index in [4.69, 9.17) is 14.7 Å². The van der Waals surface area contributed by atoms with Crippen molar-refractivity contribution in [1.29, 1.82) is 5.26 Å². The predicted octanol–water partition coefficient (Wildman–Crippen LogP) is 3.19. The van der Waals surface area contributed by atoms with E-state index in [1.54, 1.807) is 18.2 Å². The Bertz CT molecular complexity index is 742. The molecule has 2 aromatic carbocycles. The third-order valence-electron chi connectivity index (χ3n) is 3.41. The van der Waals surface area contributed by atoms with Crippen LogP contribution in [0, 0.1) is 11.3 Å². The fourth-order valence-electron chi connectivity index (χ4n) is 2.31. The number of thioether (sulfide) groups is 1. The van der Waals surface area contributed by atoms with Crippen LogP contribution in [0.25, 0.3) is 0 Å². The highest BCUT2D eigenvalue weighted by molar-refractivity contribution is 8.01. The van der Waals surface area contributed by atoms with Gasteiger partial charge in [0, 0.05) is 11.0 Å². The number of benzene rings is 2. The maximum atomic E-state index is 12.3. The molecule has 0 aromatic heterocycles. The van der Waals surface area contributed by atoms with Gasteiger partial charge in [0.15, 0.2) is 11.5 Å². The monoisotopic (exact) mass is 311 g/mol. The zero-order valence-corrected chi connectivity index (χ0v) is 12.7. The molecule has 0 bridgehead atoms.